The molecule has 1 N–H and O–H groups in total. The highest BCUT2D eigenvalue weighted by molar-refractivity contribution is 6.08. The Labute approximate surface area is 210 Å². The summed E-state index contributed by atoms with van der Waals surface area (Å²) < 4.78 is 0. The second-order valence-electron chi connectivity index (χ2n) is 11.3. The van der Waals surface area contributed by atoms with Crippen LogP contribution in [0.2, 0.25) is 0 Å². The van der Waals surface area contributed by atoms with Gasteiger partial charge in [0, 0.05) is 6.54 Å². The van der Waals surface area contributed by atoms with Crippen LogP contribution in [0.25, 0.3) is 0 Å². The number of anilines is 1. The number of aryl methyl sites for hydroxylation is 1. The Morgan fingerprint density at radius 3 is 2.46 bits per heavy atom. The molecule has 1 aliphatic carbocycles. The zero-order chi connectivity index (χ0) is 25.3. The number of fused-ring (bicyclic) bond motifs is 1. The van der Waals surface area contributed by atoms with Gasteiger partial charge >= 0.3 is 5.97 Å². The van der Waals surface area contributed by atoms with Crippen molar-refractivity contribution >= 4 is 17.6 Å². The maximum Gasteiger partial charge on any atom is 0.335 e. The van der Waals surface area contributed by atoms with E-state index in [0.29, 0.717) is 11.5 Å². The summed E-state index contributed by atoms with van der Waals surface area (Å²) in [6.45, 7) is 11.4. The fourth-order valence-corrected chi connectivity index (χ4v) is 6.62. The number of carboxylic acids is 1. The van der Waals surface area contributed by atoms with Crippen LogP contribution in [0.15, 0.2) is 36.4 Å². The standard InChI is InChI=1S/C31H41NO3/c1-6-7-18-32-28-25(14-11-15-26(28)31(4,5)30(32)35)21(3)27(22-12-9-8-10-13-22)24-17-16-23(29(33)34)19-20(24)2/h11,14-17,19,21-22,27H,6-10,12-13,18H2,1-5H3,(H,33,34). The van der Waals surface area contributed by atoms with E-state index in [2.05, 4.69) is 63.8 Å². The van der Waals surface area contributed by atoms with E-state index >= 15 is 0 Å². The Hall–Kier alpha value is -2.62. The summed E-state index contributed by atoms with van der Waals surface area (Å²) in [6, 6.07) is 12.1. The highest BCUT2D eigenvalue weighted by Gasteiger charge is 2.46. The molecule has 2 aromatic rings. The van der Waals surface area contributed by atoms with Gasteiger partial charge in [-0.3, -0.25) is 4.79 Å². The molecule has 1 heterocycles. The SMILES string of the molecule is CCCCN1C(=O)C(C)(C)c2cccc(C(C)C(c3ccc(C(=O)O)cc3C)C3CCCCC3)c21. The van der Waals surface area contributed by atoms with E-state index < -0.39 is 11.4 Å². The molecule has 0 saturated heterocycles. The van der Waals surface area contributed by atoms with E-state index in [1.165, 1.54) is 43.2 Å². The van der Waals surface area contributed by atoms with Gasteiger partial charge in [0.2, 0.25) is 5.91 Å². The number of para-hydroxylation sites is 1. The number of hydrogen-bond acceptors (Lipinski definition) is 2. The third-order valence-corrected chi connectivity index (χ3v) is 8.59. The highest BCUT2D eigenvalue weighted by atomic mass is 16.4. The van der Waals surface area contributed by atoms with Gasteiger partial charge in [0.1, 0.15) is 0 Å². The molecule has 4 heteroatoms. The van der Waals surface area contributed by atoms with Crippen molar-refractivity contribution in [3.8, 4) is 0 Å². The number of hydrogen-bond donors (Lipinski definition) is 1. The molecule has 0 bridgehead atoms. The van der Waals surface area contributed by atoms with Gasteiger partial charge in [0.15, 0.2) is 0 Å². The van der Waals surface area contributed by atoms with Crippen molar-refractivity contribution in [3.05, 3.63) is 64.2 Å². The highest BCUT2D eigenvalue weighted by Crippen LogP contribution is 2.51. The van der Waals surface area contributed by atoms with Crippen LogP contribution in [0, 0.1) is 12.8 Å². The monoisotopic (exact) mass is 475 g/mol. The van der Waals surface area contributed by atoms with Crippen LogP contribution in [-0.4, -0.2) is 23.5 Å². The largest absolute Gasteiger partial charge is 0.478 e. The van der Waals surface area contributed by atoms with Crippen molar-refractivity contribution in [3.63, 3.8) is 0 Å². The predicted molar refractivity (Wildman–Crippen MR) is 143 cm³/mol. The van der Waals surface area contributed by atoms with Crippen molar-refractivity contribution in [2.24, 2.45) is 5.92 Å². The van der Waals surface area contributed by atoms with Crippen LogP contribution in [0.5, 0.6) is 0 Å². The molecule has 2 aromatic carbocycles. The quantitative estimate of drug-likeness (QED) is 0.428. The van der Waals surface area contributed by atoms with Crippen molar-refractivity contribution in [2.75, 3.05) is 11.4 Å². The molecule has 188 valence electrons. The van der Waals surface area contributed by atoms with E-state index in [9.17, 15) is 14.7 Å². The van der Waals surface area contributed by atoms with Gasteiger partial charge in [0.25, 0.3) is 0 Å². The number of unbranched alkanes of at least 4 members (excludes halogenated alkanes) is 1. The van der Waals surface area contributed by atoms with Crippen molar-refractivity contribution in [1.82, 2.24) is 0 Å². The molecule has 2 unspecified atom stereocenters. The van der Waals surface area contributed by atoms with Gasteiger partial charge in [0.05, 0.1) is 16.7 Å². The predicted octanol–water partition coefficient (Wildman–Crippen LogP) is 7.59. The first-order valence-electron chi connectivity index (χ1n) is 13.5. The summed E-state index contributed by atoms with van der Waals surface area (Å²) in [5, 5.41) is 9.52. The molecule has 2 aliphatic rings. The van der Waals surface area contributed by atoms with E-state index in [0.717, 1.165) is 36.2 Å². The third-order valence-electron chi connectivity index (χ3n) is 8.59. The smallest absolute Gasteiger partial charge is 0.335 e. The van der Waals surface area contributed by atoms with Gasteiger partial charge in [-0.05, 0) is 92.2 Å². The second-order valence-corrected chi connectivity index (χ2v) is 11.3. The molecule has 4 nitrogen and oxygen atoms in total. The molecule has 1 saturated carbocycles. The molecule has 1 aliphatic heterocycles. The first kappa shape index (κ1) is 25.5. The lowest BCUT2D eigenvalue weighted by Gasteiger charge is -2.37. The number of carbonyl (C=O) groups is 2. The summed E-state index contributed by atoms with van der Waals surface area (Å²) >= 11 is 0. The molecule has 0 aromatic heterocycles. The van der Waals surface area contributed by atoms with Gasteiger partial charge in [-0.1, -0.05) is 63.8 Å². The Balaban J connectivity index is 1.83. The summed E-state index contributed by atoms with van der Waals surface area (Å²) in [6.07, 6.45) is 8.25. The zero-order valence-corrected chi connectivity index (χ0v) is 22.1. The van der Waals surface area contributed by atoms with Gasteiger partial charge in [-0.25, -0.2) is 4.79 Å². The molecule has 1 fully saturated rings. The van der Waals surface area contributed by atoms with Crippen molar-refractivity contribution in [1.29, 1.82) is 0 Å². The molecule has 35 heavy (non-hydrogen) atoms. The Morgan fingerprint density at radius 1 is 1.11 bits per heavy atom. The van der Waals surface area contributed by atoms with Crippen molar-refractivity contribution < 1.29 is 14.7 Å². The van der Waals surface area contributed by atoms with E-state index in [4.69, 9.17) is 0 Å². The van der Waals surface area contributed by atoms with Crippen LogP contribution in [0.3, 0.4) is 0 Å². The number of amides is 1. The van der Waals surface area contributed by atoms with E-state index in [1.807, 2.05) is 6.07 Å². The van der Waals surface area contributed by atoms with E-state index in [1.54, 1.807) is 6.07 Å². The van der Waals surface area contributed by atoms with Crippen molar-refractivity contribution in [2.45, 2.75) is 96.8 Å². The topological polar surface area (TPSA) is 57.6 Å². The summed E-state index contributed by atoms with van der Waals surface area (Å²) in [5.74, 6) is 0.384. The lowest BCUT2D eigenvalue weighted by atomic mass is 9.68. The lowest BCUT2D eigenvalue weighted by Crippen LogP contribution is -2.37. The number of carboxylic acid groups (broad SMARTS) is 1. The minimum Gasteiger partial charge on any atom is -0.478 e. The summed E-state index contributed by atoms with van der Waals surface area (Å²) in [7, 11) is 0. The average Bonchev–Trinajstić information content (AvgIpc) is 3.04. The van der Waals surface area contributed by atoms with Crippen LogP contribution >= 0.6 is 0 Å². The van der Waals surface area contributed by atoms with Crippen LogP contribution in [0.4, 0.5) is 5.69 Å². The van der Waals surface area contributed by atoms with Gasteiger partial charge < -0.3 is 10.0 Å². The first-order valence-corrected chi connectivity index (χ1v) is 13.5. The molecule has 4 rings (SSSR count). The number of rotatable bonds is 8. The summed E-state index contributed by atoms with van der Waals surface area (Å²) in [4.78, 5) is 27.2. The molecular formula is C31H41NO3. The minimum absolute atomic E-state index is 0.205. The van der Waals surface area contributed by atoms with E-state index in [-0.39, 0.29) is 17.7 Å². The Bertz CT molecular complexity index is 1100. The van der Waals surface area contributed by atoms with Crippen LogP contribution < -0.4 is 4.90 Å². The zero-order valence-electron chi connectivity index (χ0n) is 22.1. The Morgan fingerprint density at radius 2 is 1.83 bits per heavy atom. The molecular weight excluding hydrogens is 434 g/mol. The van der Waals surface area contributed by atoms with Gasteiger partial charge in [-0.15, -0.1) is 0 Å². The first-order chi connectivity index (χ1) is 16.7. The van der Waals surface area contributed by atoms with Gasteiger partial charge in [-0.2, -0.15) is 0 Å². The molecule has 0 spiro atoms. The number of aromatic carboxylic acids is 1. The molecule has 1 amide bonds. The van der Waals surface area contributed by atoms with Crippen LogP contribution in [-0.2, 0) is 10.2 Å². The summed E-state index contributed by atoms with van der Waals surface area (Å²) in [5.41, 5.74) is 5.68. The fraction of sp³-hybridized carbons (Fsp3) is 0.548. The number of benzene rings is 2. The fourth-order valence-electron chi connectivity index (χ4n) is 6.62. The molecule has 2 atom stereocenters. The average molecular weight is 476 g/mol. The lowest BCUT2D eigenvalue weighted by molar-refractivity contribution is -0.122. The second kappa shape index (κ2) is 10.2. The maximum absolute atomic E-state index is 13.5. The number of nitrogens with zero attached hydrogens (tertiary/aromatic N) is 1. The normalized spacial score (nSPS) is 19.5. The maximum atomic E-state index is 13.5. The number of carbonyl (C=O) groups excluding carboxylic acids is 1. The molecule has 0 radical (unpaired) electrons. The Kier molecular flexibility index (Phi) is 7.40. The van der Waals surface area contributed by atoms with Crippen LogP contribution in [0.1, 0.15) is 117 Å². The minimum atomic E-state index is -0.880. The third kappa shape index (κ3) is 4.64.